The molecule has 0 atom stereocenters. The molecule has 0 aromatic heterocycles. The number of rotatable bonds is 5. The first-order chi connectivity index (χ1) is 10.1. The Morgan fingerprint density at radius 1 is 1.14 bits per heavy atom. The summed E-state index contributed by atoms with van der Waals surface area (Å²) in [6, 6.07) is 8.14. The number of hydrogen-bond donors (Lipinski definition) is 1. The third kappa shape index (κ3) is 4.74. The number of anilines is 1. The van der Waals surface area contributed by atoms with Crippen LogP contribution in [0.2, 0.25) is 0 Å². The monoisotopic (exact) mass is 289 g/mol. The van der Waals surface area contributed by atoms with Crippen molar-refractivity contribution in [2.24, 2.45) is 5.92 Å². The van der Waals surface area contributed by atoms with Crippen molar-refractivity contribution in [3.05, 3.63) is 29.8 Å². The number of nitrogens with two attached hydrogens (primary N) is 1. The predicted molar refractivity (Wildman–Crippen MR) is 87.0 cm³/mol. The number of nitrogens with zero attached hydrogens (tertiary/aromatic N) is 2. The van der Waals surface area contributed by atoms with E-state index in [-0.39, 0.29) is 11.8 Å². The van der Waals surface area contributed by atoms with Crippen LogP contribution >= 0.6 is 0 Å². The summed E-state index contributed by atoms with van der Waals surface area (Å²) in [5.74, 6) is 0.401. The van der Waals surface area contributed by atoms with Crippen LogP contribution in [0, 0.1) is 5.92 Å². The van der Waals surface area contributed by atoms with Gasteiger partial charge in [0.25, 0.3) is 0 Å². The highest BCUT2D eigenvalue weighted by molar-refractivity contribution is 5.78. The molecular formula is C17H27N3O. The number of carbonyl (C=O) groups excluding carboxylic acids is 1. The first-order valence-corrected chi connectivity index (χ1v) is 7.92. The molecule has 1 saturated heterocycles. The van der Waals surface area contributed by atoms with E-state index in [9.17, 15) is 4.79 Å². The maximum Gasteiger partial charge on any atom is 0.225 e. The van der Waals surface area contributed by atoms with E-state index in [0.717, 1.165) is 51.3 Å². The third-order valence-corrected chi connectivity index (χ3v) is 4.10. The molecule has 2 rings (SSSR count). The van der Waals surface area contributed by atoms with Gasteiger partial charge in [0, 0.05) is 37.8 Å². The maximum absolute atomic E-state index is 11.9. The molecule has 0 saturated carbocycles. The molecule has 0 bridgehead atoms. The summed E-state index contributed by atoms with van der Waals surface area (Å²) < 4.78 is 0. The lowest BCUT2D eigenvalue weighted by atomic mass is 10.1. The molecule has 4 heteroatoms. The fourth-order valence-corrected chi connectivity index (χ4v) is 2.75. The minimum atomic E-state index is 0.113. The Hall–Kier alpha value is -1.55. The topological polar surface area (TPSA) is 49.6 Å². The molecule has 1 heterocycles. The summed E-state index contributed by atoms with van der Waals surface area (Å²) in [6.07, 6.45) is 2.24. The molecular weight excluding hydrogens is 262 g/mol. The zero-order chi connectivity index (χ0) is 15.2. The Bertz CT molecular complexity index is 448. The van der Waals surface area contributed by atoms with E-state index in [1.807, 2.05) is 30.9 Å². The van der Waals surface area contributed by atoms with Gasteiger partial charge in [0.15, 0.2) is 0 Å². The van der Waals surface area contributed by atoms with Gasteiger partial charge in [-0.1, -0.05) is 26.0 Å². The smallest absolute Gasteiger partial charge is 0.225 e. The van der Waals surface area contributed by atoms with Gasteiger partial charge in [-0.2, -0.15) is 0 Å². The standard InChI is InChI=1S/C17H27N3O/c1-14(2)17(21)20-12-10-19(11-13-20)9-3-4-15-5-7-16(18)8-6-15/h5-8,14H,3-4,9-13,18H2,1-2H3. The summed E-state index contributed by atoms with van der Waals surface area (Å²) in [5, 5.41) is 0. The van der Waals surface area contributed by atoms with Crippen LogP contribution in [-0.4, -0.2) is 48.4 Å². The Balaban J connectivity index is 1.67. The summed E-state index contributed by atoms with van der Waals surface area (Å²) in [7, 11) is 0. The molecule has 21 heavy (non-hydrogen) atoms. The number of benzene rings is 1. The number of amides is 1. The molecule has 1 aliphatic rings. The van der Waals surface area contributed by atoms with Crippen molar-refractivity contribution in [1.29, 1.82) is 0 Å². The number of aryl methyl sites for hydroxylation is 1. The Kier molecular flexibility index (Phi) is 5.62. The van der Waals surface area contributed by atoms with E-state index in [1.165, 1.54) is 5.56 Å². The van der Waals surface area contributed by atoms with Crippen molar-refractivity contribution in [2.45, 2.75) is 26.7 Å². The van der Waals surface area contributed by atoms with Crippen LogP contribution < -0.4 is 5.73 Å². The van der Waals surface area contributed by atoms with Crippen molar-refractivity contribution < 1.29 is 4.79 Å². The number of hydrogen-bond acceptors (Lipinski definition) is 3. The van der Waals surface area contributed by atoms with Gasteiger partial charge < -0.3 is 10.6 Å². The van der Waals surface area contributed by atoms with E-state index < -0.39 is 0 Å². The van der Waals surface area contributed by atoms with Gasteiger partial charge in [-0.25, -0.2) is 0 Å². The summed E-state index contributed by atoms with van der Waals surface area (Å²) in [4.78, 5) is 16.4. The van der Waals surface area contributed by atoms with Crippen molar-refractivity contribution in [3.63, 3.8) is 0 Å². The van der Waals surface area contributed by atoms with E-state index in [2.05, 4.69) is 17.0 Å². The van der Waals surface area contributed by atoms with E-state index in [0.29, 0.717) is 0 Å². The van der Waals surface area contributed by atoms with Crippen LogP contribution in [0.4, 0.5) is 5.69 Å². The summed E-state index contributed by atoms with van der Waals surface area (Å²) >= 11 is 0. The van der Waals surface area contributed by atoms with Crippen molar-refractivity contribution in [3.8, 4) is 0 Å². The van der Waals surface area contributed by atoms with Crippen LogP contribution in [0.25, 0.3) is 0 Å². The molecule has 4 nitrogen and oxygen atoms in total. The zero-order valence-corrected chi connectivity index (χ0v) is 13.2. The Morgan fingerprint density at radius 2 is 1.76 bits per heavy atom. The van der Waals surface area contributed by atoms with E-state index >= 15 is 0 Å². The molecule has 116 valence electrons. The second-order valence-corrected chi connectivity index (χ2v) is 6.17. The van der Waals surface area contributed by atoms with Gasteiger partial charge in [0.05, 0.1) is 0 Å². The number of nitrogen functional groups attached to an aromatic ring is 1. The second-order valence-electron chi connectivity index (χ2n) is 6.17. The van der Waals surface area contributed by atoms with Gasteiger partial charge in [-0.05, 0) is 37.1 Å². The zero-order valence-electron chi connectivity index (χ0n) is 13.2. The van der Waals surface area contributed by atoms with Crippen LogP contribution in [0.15, 0.2) is 24.3 Å². The number of carbonyl (C=O) groups is 1. The maximum atomic E-state index is 11.9. The average molecular weight is 289 g/mol. The first-order valence-electron chi connectivity index (χ1n) is 7.92. The normalized spacial score (nSPS) is 16.4. The molecule has 0 spiro atoms. The molecule has 0 radical (unpaired) electrons. The quantitative estimate of drug-likeness (QED) is 0.844. The van der Waals surface area contributed by atoms with Crippen LogP contribution in [-0.2, 0) is 11.2 Å². The molecule has 1 fully saturated rings. The molecule has 1 aromatic carbocycles. The summed E-state index contributed by atoms with van der Waals surface area (Å²) in [5.41, 5.74) is 7.86. The summed E-state index contributed by atoms with van der Waals surface area (Å²) in [6.45, 7) is 8.80. The highest BCUT2D eigenvalue weighted by Gasteiger charge is 2.22. The largest absolute Gasteiger partial charge is 0.399 e. The molecule has 1 aromatic rings. The van der Waals surface area contributed by atoms with Crippen LogP contribution in [0.1, 0.15) is 25.8 Å². The van der Waals surface area contributed by atoms with E-state index in [4.69, 9.17) is 5.73 Å². The Morgan fingerprint density at radius 3 is 2.33 bits per heavy atom. The third-order valence-electron chi connectivity index (χ3n) is 4.10. The molecule has 1 amide bonds. The number of piperazine rings is 1. The fourth-order valence-electron chi connectivity index (χ4n) is 2.75. The molecule has 0 unspecified atom stereocenters. The van der Waals surface area contributed by atoms with Gasteiger partial charge in [-0.3, -0.25) is 9.69 Å². The second kappa shape index (κ2) is 7.46. The lowest BCUT2D eigenvalue weighted by Gasteiger charge is -2.35. The minimum Gasteiger partial charge on any atom is -0.399 e. The lowest BCUT2D eigenvalue weighted by molar-refractivity contribution is -0.136. The van der Waals surface area contributed by atoms with E-state index in [1.54, 1.807) is 0 Å². The molecule has 1 aliphatic heterocycles. The SMILES string of the molecule is CC(C)C(=O)N1CCN(CCCc2ccc(N)cc2)CC1. The Labute approximate surface area is 127 Å². The van der Waals surface area contributed by atoms with Crippen molar-refractivity contribution in [2.75, 3.05) is 38.5 Å². The van der Waals surface area contributed by atoms with Crippen LogP contribution in [0.3, 0.4) is 0 Å². The predicted octanol–water partition coefficient (Wildman–Crippen LogP) is 2.00. The molecule has 2 N–H and O–H groups in total. The van der Waals surface area contributed by atoms with Crippen molar-refractivity contribution in [1.82, 2.24) is 9.80 Å². The van der Waals surface area contributed by atoms with Crippen molar-refractivity contribution >= 4 is 11.6 Å². The van der Waals surface area contributed by atoms with Gasteiger partial charge in [0.2, 0.25) is 5.91 Å². The highest BCUT2D eigenvalue weighted by Crippen LogP contribution is 2.10. The van der Waals surface area contributed by atoms with Crippen LogP contribution in [0.5, 0.6) is 0 Å². The fraction of sp³-hybridized carbons (Fsp3) is 0.588. The first kappa shape index (κ1) is 15.8. The van der Waals surface area contributed by atoms with Gasteiger partial charge in [-0.15, -0.1) is 0 Å². The van der Waals surface area contributed by atoms with Gasteiger partial charge >= 0.3 is 0 Å². The highest BCUT2D eigenvalue weighted by atomic mass is 16.2. The average Bonchev–Trinajstić information content (AvgIpc) is 2.49. The lowest BCUT2D eigenvalue weighted by Crippen LogP contribution is -2.49. The minimum absolute atomic E-state index is 0.113. The van der Waals surface area contributed by atoms with Gasteiger partial charge in [0.1, 0.15) is 0 Å². The molecule has 0 aliphatic carbocycles.